The summed E-state index contributed by atoms with van der Waals surface area (Å²) in [7, 11) is 0. The molecule has 4 aliphatic rings. The molecular weight excluding hydrogens is 715 g/mol. The van der Waals surface area contributed by atoms with Gasteiger partial charge in [-0.2, -0.15) is 0 Å². The third kappa shape index (κ3) is 7.76. The lowest BCUT2D eigenvalue weighted by Gasteiger charge is -2.45. The zero-order valence-electron chi connectivity index (χ0n) is 30.9. The van der Waals surface area contributed by atoms with Gasteiger partial charge in [0.2, 0.25) is 11.8 Å². The first-order valence-electron chi connectivity index (χ1n) is 19.1. The SMILES string of the molecule is O=C(NC1CC(=O)N(c2cccc([C@@H]3O[C@H](CN4CCC5(CC4)C(=O)NCN5c4ccccc4)C[C@H](c4ccc(CO)cc4)O3)c2)C1=O)OCc1ccccc1. The van der Waals surface area contributed by atoms with Gasteiger partial charge >= 0.3 is 6.09 Å². The van der Waals surface area contributed by atoms with E-state index in [2.05, 4.69) is 20.4 Å². The number of benzene rings is 4. The van der Waals surface area contributed by atoms with Crippen LogP contribution >= 0.6 is 0 Å². The van der Waals surface area contributed by atoms with Gasteiger partial charge in [0, 0.05) is 37.3 Å². The van der Waals surface area contributed by atoms with Gasteiger partial charge in [-0.1, -0.05) is 84.9 Å². The fraction of sp³-hybridized carbons (Fsp3) is 0.349. The number of amides is 4. The maximum Gasteiger partial charge on any atom is 0.408 e. The Labute approximate surface area is 325 Å². The number of para-hydroxylation sites is 1. The number of nitrogens with one attached hydrogen (secondary N) is 2. The number of hydrogen-bond donors (Lipinski definition) is 3. The molecule has 4 aliphatic heterocycles. The highest BCUT2D eigenvalue weighted by Crippen LogP contribution is 2.41. The number of imide groups is 1. The van der Waals surface area contributed by atoms with E-state index < -0.39 is 35.8 Å². The number of carbonyl (C=O) groups is 4. The Hall–Kier alpha value is -5.60. The summed E-state index contributed by atoms with van der Waals surface area (Å²) >= 11 is 0. The number of likely N-dealkylation sites (tertiary alicyclic amines) is 1. The van der Waals surface area contributed by atoms with Crippen LogP contribution in [0.1, 0.15) is 60.3 Å². The largest absolute Gasteiger partial charge is 0.445 e. The Bertz CT molecular complexity index is 2040. The standard InChI is InChI=1S/C43H45N5O8/c49-26-29-14-16-31(17-15-29)37-23-35(25-46-20-18-43(19-21-46)41(52)44-28-47(43)33-11-5-2-6-12-33)55-40(56-37)32-10-7-13-34(22-32)48-38(50)24-36(39(48)51)45-42(53)54-27-30-8-3-1-4-9-30/h1-17,22,35-37,40,49H,18-21,23-28H2,(H,44,52)(H,45,53)/t35-,36?,37+,40+/m0/s1. The van der Waals surface area contributed by atoms with Gasteiger partial charge in [-0.15, -0.1) is 0 Å². The minimum atomic E-state index is -1.06. The van der Waals surface area contributed by atoms with E-state index in [1.807, 2.05) is 91.0 Å². The van der Waals surface area contributed by atoms with Crippen molar-refractivity contribution in [3.63, 3.8) is 0 Å². The molecule has 0 aliphatic carbocycles. The van der Waals surface area contributed by atoms with E-state index in [1.54, 1.807) is 18.2 Å². The summed E-state index contributed by atoms with van der Waals surface area (Å²) in [5.41, 5.74) is 3.92. The Balaban J connectivity index is 0.962. The van der Waals surface area contributed by atoms with Crippen LogP contribution in [0.2, 0.25) is 0 Å². The van der Waals surface area contributed by atoms with E-state index in [4.69, 9.17) is 14.2 Å². The molecule has 290 valence electrons. The molecule has 4 saturated heterocycles. The lowest BCUT2D eigenvalue weighted by molar-refractivity contribution is -0.253. The zero-order valence-corrected chi connectivity index (χ0v) is 30.9. The van der Waals surface area contributed by atoms with Crippen molar-refractivity contribution in [1.82, 2.24) is 15.5 Å². The molecule has 1 spiro atoms. The molecule has 0 radical (unpaired) electrons. The van der Waals surface area contributed by atoms with Crippen molar-refractivity contribution in [1.29, 1.82) is 0 Å². The van der Waals surface area contributed by atoms with E-state index in [0.717, 1.165) is 27.3 Å². The molecule has 8 rings (SSSR count). The fourth-order valence-electron chi connectivity index (χ4n) is 8.19. The Morgan fingerprint density at radius 1 is 0.839 bits per heavy atom. The average molecular weight is 760 g/mol. The van der Waals surface area contributed by atoms with Crippen LogP contribution in [0.25, 0.3) is 0 Å². The van der Waals surface area contributed by atoms with Gasteiger partial charge < -0.3 is 39.8 Å². The zero-order chi connectivity index (χ0) is 38.6. The van der Waals surface area contributed by atoms with Crippen LogP contribution in [0, 0.1) is 0 Å². The number of aliphatic hydroxyl groups excluding tert-OH is 1. The normalized spacial score (nSPS) is 23.7. The van der Waals surface area contributed by atoms with Gasteiger partial charge in [-0.3, -0.25) is 14.4 Å². The summed E-state index contributed by atoms with van der Waals surface area (Å²) in [6.07, 6.45) is -0.476. The monoisotopic (exact) mass is 759 g/mol. The first kappa shape index (κ1) is 37.3. The summed E-state index contributed by atoms with van der Waals surface area (Å²) in [6.45, 7) is 2.48. The van der Waals surface area contributed by atoms with Crippen LogP contribution < -0.4 is 20.4 Å². The molecule has 4 fully saturated rings. The number of hydrogen-bond acceptors (Lipinski definition) is 10. The van der Waals surface area contributed by atoms with Crippen molar-refractivity contribution in [3.05, 3.63) is 131 Å². The summed E-state index contributed by atoms with van der Waals surface area (Å²) in [5.74, 6) is -0.941. The topological polar surface area (TPSA) is 150 Å². The number of anilines is 2. The maximum absolute atomic E-state index is 13.5. The first-order chi connectivity index (χ1) is 27.3. The van der Waals surface area contributed by atoms with Crippen molar-refractivity contribution in [3.8, 4) is 0 Å². The van der Waals surface area contributed by atoms with Crippen molar-refractivity contribution in [2.75, 3.05) is 36.1 Å². The Morgan fingerprint density at radius 3 is 2.29 bits per heavy atom. The van der Waals surface area contributed by atoms with Crippen LogP contribution in [0.4, 0.5) is 16.2 Å². The fourth-order valence-corrected chi connectivity index (χ4v) is 8.19. The van der Waals surface area contributed by atoms with Gasteiger partial charge in [0.1, 0.15) is 18.2 Å². The molecule has 56 heavy (non-hydrogen) atoms. The smallest absolute Gasteiger partial charge is 0.408 e. The number of rotatable bonds is 10. The van der Waals surface area contributed by atoms with E-state index in [9.17, 15) is 24.3 Å². The molecule has 13 nitrogen and oxygen atoms in total. The minimum Gasteiger partial charge on any atom is -0.445 e. The maximum atomic E-state index is 13.5. The molecule has 0 aromatic heterocycles. The second kappa shape index (κ2) is 16.2. The molecule has 13 heteroatoms. The highest BCUT2D eigenvalue weighted by atomic mass is 16.7. The van der Waals surface area contributed by atoms with E-state index in [-0.39, 0.29) is 37.7 Å². The second-order valence-electron chi connectivity index (χ2n) is 14.7. The molecule has 4 aromatic carbocycles. The molecule has 4 heterocycles. The van der Waals surface area contributed by atoms with Gasteiger partial charge in [-0.05, 0) is 53.8 Å². The van der Waals surface area contributed by atoms with Crippen LogP contribution in [0.15, 0.2) is 109 Å². The average Bonchev–Trinajstić information content (AvgIpc) is 3.70. The number of alkyl carbamates (subject to hydrolysis) is 1. The van der Waals surface area contributed by atoms with Gasteiger partial charge in [0.25, 0.3) is 5.91 Å². The Morgan fingerprint density at radius 2 is 1.55 bits per heavy atom. The van der Waals surface area contributed by atoms with E-state index in [1.165, 1.54) is 0 Å². The lowest BCUT2D eigenvalue weighted by atomic mass is 9.85. The van der Waals surface area contributed by atoms with E-state index in [0.29, 0.717) is 56.8 Å². The molecule has 0 bridgehead atoms. The van der Waals surface area contributed by atoms with Crippen LogP contribution in [0.3, 0.4) is 0 Å². The van der Waals surface area contributed by atoms with Crippen molar-refractivity contribution in [2.24, 2.45) is 0 Å². The summed E-state index contributed by atoms with van der Waals surface area (Å²) in [5, 5.41) is 15.3. The van der Waals surface area contributed by atoms with Gasteiger partial charge in [0.05, 0.1) is 37.6 Å². The number of nitrogens with zero attached hydrogens (tertiary/aromatic N) is 3. The third-order valence-corrected chi connectivity index (χ3v) is 11.2. The minimum absolute atomic E-state index is 0.0325. The molecule has 4 amide bonds. The number of aliphatic hydroxyl groups is 1. The molecular formula is C43H45N5O8. The summed E-state index contributed by atoms with van der Waals surface area (Å²) in [4.78, 5) is 58.2. The number of carbonyl (C=O) groups excluding carboxylic acids is 4. The summed E-state index contributed by atoms with van der Waals surface area (Å²) in [6, 6.07) is 32.8. The molecule has 0 saturated carbocycles. The Kier molecular flexibility index (Phi) is 10.8. The summed E-state index contributed by atoms with van der Waals surface area (Å²) < 4.78 is 18.5. The predicted octanol–water partition coefficient (Wildman–Crippen LogP) is 4.71. The van der Waals surface area contributed by atoms with Gasteiger partial charge in [0.15, 0.2) is 6.29 Å². The predicted molar refractivity (Wildman–Crippen MR) is 206 cm³/mol. The van der Waals surface area contributed by atoms with Crippen LogP contribution in [-0.2, 0) is 41.8 Å². The van der Waals surface area contributed by atoms with Crippen LogP contribution in [-0.4, -0.2) is 77.8 Å². The molecule has 4 atom stereocenters. The van der Waals surface area contributed by atoms with Crippen molar-refractivity contribution >= 4 is 35.2 Å². The number of ether oxygens (including phenoxy) is 3. The second-order valence-corrected chi connectivity index (χ2v) is 14.7. The molecule has 3 N–H and O–H groups in total. The highest BCUT2D eigenvalue weighted by Gasteiger charge is 2.50. The number of piperidine rings is 1. The van der Waals surface area contributed by atoms with Crippen molar-refractivity contribution in [2.45, 2.75) is 69.0 Å². The first-order valence-corrected chi connectivity index (χ1v) is 19.1. The third-order valence-electron chi connectivity index (χ3n) is 11.2. The van der Waals surface area contributed by atoms with Crippen molar-refractivity contribution < 1.29 is 38.5 Å². The quantitative estimate of drug-likeness (QED) is 0.194. The van der Waals surface area contributed by atoms with E-state index >= 15 is 0 Å². The molecule has 4 aromatic rings. The van der Waals surface area contributed by atoms with Gasteiger partial charge in [-0.25, -0.2) is 9.69 Å². The lowest BCUT2D eigenvalue weighted by Crippen LogP contribution is -2.57. The highest BCUT2D eigenvalue weighted by molar-refractivity contribution is 6.23. The molecule has 1 unspecified atom stereocenters. The van der Waals surface area contributed by atoms with Crippen LogP contribution in [0.5, 0.6) is 0 Å².